The fourth-order valence-electron chi connectivity index (χ4n) is 2.16. The highest BCUT2D eigenvalue weighted by atomic mass is 16.3. The van der Waals surface area contributed by atoms with Crippen molar-refractivity contribution in [2.24, 2.45) is 0 Å². The van der Waals surface area contributed by atoms with Gasteiger partial charge in [0, 0.05) is 12.5 Å². The molecule has 0 radical (unpaired) electrons. The van der Waals surface area contributed by atoms with E-state index in [0.717, 1.165) is 12.2 Å². The molecule has 0 aliphatic heterocycles. The van der Waals surface area contributed by atoms with Gasteiger partial charge in [-0.3, -0.25) is 0 Å². The van der Waals surface area contributed by atoms with Crippen LogP contribution >= 0.6 is 0 Å². The van der Waals surface area contributed by atoms with Gasteiger partial charge in [-0.15, -0.1) is 0 Å². The lowest BCUT2D eigenvalue weighted by molar-refractivity contribution is 0.424. The molecule has 0 fully saturated rings. The zero-order valence-corrected chi connectivity index (χ0v) is 10.4. The Labute approximate surface area is 103 Å². The van der Waals surface area contributed by atoms with Gasteiger partial charge >= 0.3 is 0 Å². The maximum absolute atomic E-state index is 5.41. The predicted octanol–water partition coefficient (Wildman–Crippen LogP) is 3.21. The van der Waals surface area contributed by atoms with Gasteiger partial charge in [-0.1, -0.05) is 37.3 Å². The summed E-state index contributed by atoms with van der Waals surface area (Å²) in [5.74, 6) is 1.50. The first-order valence-corrected chi connectivity index (χ1v) is 6.06. The summed E-state index contributed by atoms with van der Waals surface area (Å²) in [5, 5.41) is 3.38. The third-order valence-electron chi connectivity index (χ3n) is 3.30. The quantitative estimate of drug-likeness (QED) is 0.851. The van der Waals surface area contributed by atoms with Crippen molar-refractivity contribution in [1.82, 2.24) is 5.32 Å². The fraction of sp³-hybridized carbons (Fsp3) is 0.333. The van der Waals surface area contributed by atoms with Crippen LogP contribution < -0.4 is 5.32 Å². The second kappa shape index (κ2) is 5.69. The summed E-state index contributed by atoms with van der Waals surface area (Å²) in [6.45, 7) is 2.25. The Morgan fingerprint density at radius 1 is 1.12 bits per heavy atom. The highest BCUT2D eigenvalue weighted by Gasteiger charge is 2.18. The van der Waals surface area contributed by atoms with Crippen LogP contribution in [0, 0.1) is 0 Å². The zero-order chi connectivity index (χ0) is 12.1. The molecule has 2 unspecified atom stereocenters. The lowest BCUT2D eigenvalue weighted by Gasteiger charge is -2.23. The number of benzene rings is 1. The number of rotatable bonds is 5. The van der Waals surface area contributed by atoms with Gasteiger partial charge in [0.1, 0.15) is 5.76 Å². The minimum atomic E-state index is 0.392. The van der Waals surface area contributed by atoms with Crippen molar-refractivity contribution >= 4 is 0 Å². The van der Waals surface area contributed by atoms with Gasteiger partial charge in [-0.05, 0) is 30.7 Å². The summed E-state index contributed by atoms with van der Waals surface area (Å²) in [6, 6.07) is 14.9. The average molecular weight is 229 g/mol. The van der Waals surface area contributed by atoms with Gasteiger partial charge in [0.25, 0.3) is 0 Å². The molecule has 90 valence electrons. The molecule has 1 heterocycles. The number of furan rings is 1. The molecule has 0 aliphatic rings. The Kier molecular flexibility index (Phi) is 3.99. The van der Waals surface area contributed by atoms with E-state index < -0.39 is 0 Å². The summed E-state index contributed by atoms with van der Waals surface area (Å²) in [4.78, 5) is 0. The van der Waals surface area contributed by atoms with Crippen molar-refractivity contribution in [1.29, 1.82) is 0 Å². The smallest absolute Gasteiger partial charge is 0.105 e. The maximum Gasteiger partial charge on any atom is 0.105 e. The van der Waals surface area contributed by atoms with E-state index in [1.165, 1.54) is 5.56 Å². The second-order valence-corrected chi connectivity index (χ2v) is 4.38. The predicted molar refractivity (Wildman–Crippen MR) is 70.1 cm³/mol. The Balaban J connectivity index is 2.08. The summed E-state index contributed by atoms with van der Waals surface area (Å²) in [7, 11) is 2.01. The van der Waals surface area contributed by atoms with Crippen molar-refractivity contribution < 1.29 is 4.42 Å². The molecule has 1 aromatic heterocycles. The van der Waals surface area contributed by atoms with Crippen molar-refractivity contribution in [2.75, 3.05) is 7.05 Å². The van der Waals surface area contributed by atoms with E-state index in [-0.39, 0.29) is 0 Å². The van der Waals surface area contributed by atoms with Gasteiger partial charge in [-0.2, -0.15) is 0 Å². The number of likely N-dealkylation sites (N-methyl/N-ethyl adjacent to an activating group) is 1. The SMILES string of the molecule is CNC(Cc1ccco1)C(C)c1ccccc1. The van der Waals surface area contributed by atoms with Crippen LogP contribution in [0.2, 0.25) is 0 Å². The van der Waals surface area contributed by atoms with Crippen LogP contribution in [0.15, 0.2) is 53.1 Å². The number of hydrogen-bond donors (Lipinski definition) is 1. The molecule has 2 aromatic rings. The van der Waals surface area contributed by atoms with Crippen LogP contribution in [-0.2, 0) is 6.42 Å². The summed E-state index contributed by atoms with van der Waals surface area (Å²) in [6.07, 6.45) is 2.65. The molecule has 0 amide bonds. The van der Waals surface area contributed by atoms with E-state index in [9.17, 15) is 0 Å². The van der Waals surface area contributed by atoms with Gasteiger partial charge in [-0.25, -0.2) is 0 Å². The molecule has 0 spiro atoms. The van der Waals surface area contributed by atoms with E-state index in [1.807, 2.05) is 19.2 Å². The highest BCUT2D eigenvalue weighted by Crippen LogP contribution is 2.21. The first kappa shape index (κ1) is 11.9. The Hall–Kier alpha value is -1.54. The van der Waals surface area contributed by atoms with Crippen LogP contribution in [0.5, 0.6) is 0 Å². The summed E-state index contributed by atoms with van der Waals surface area (Å²) >= 11 is 0. The van der Waals surface area contributed by atoms with Crippen LogP contribution in [0.4, 0.5) is 0 Å². The van der Waals surface area contributed by atoms with Crippen LogP contribution in [0.25, 0.3) is 0 Å². The molecule has 1 aromatic carbocycles. The highest BCUT2D eigenvalue weighted by molar-refractivity contribution is 5.21. The molecular formula is C15H19NO. The molecule has 0 bridgehead atoms. The van der Waals surface area contributed by atoms with Gasteiger partial charge in [0.2, 0.25) is 0 Å². The zero-order valence-electron chi connectivity index (χ0n) is 10.4. The van der Waals surface area contributed by atoms with E-state index in [0.29, 0.717) is 12.0 Å². The molecule has 0 aliphatic carbocycles. The van der Waals surface area contributed by atoms with E-state index in [4.69, 9.17) is 4.42 Å². The molecule has 1 N–H and O–H groups in total. The average Bonchev–Trinajstić information content (AvgIpc) is 2.89. The molecule has 0 saturated heterocycles. The van der Waals surface area contributed by atoms with Crippen molar-refractivity contribution in [2.45, 2.75) is 25.3 Å². The maximum atomic E-state index is 5.41. The first-order valence-electron chi connectivity index (χ1n) is 6.06. The molecule has 2 heteroatoms. The molecule has 2 nitrogen and oxygen atoms in total. The van der Waals surface area contributed by atoms with Crippen LogP contribution in [0.3, 0.4) is 0 Å². The summed E-state index contributed by atoms with van der Waals surface area (Å²) < 4.78 is 5.41. The largest absolute Gasteiger partial charge is 0.469 e. The second-order valence-electron chi connectivity index (χ2n) is 4.38. The van der Waals surface area contributed by atoms with Crippen LogP contribution in [0.1, 0.15) is 24.2 Å². The first-order chi connectivity index (χ1) is 8.31. The lowest BCUT2D eigenvalue weighted by Crippen LogP contribution is -2.32. The van der Waals surface area contributed by atoms with E-state index >= 15 is 0 Å². The standard InChI is InChI=1S/C15H19NO/c1-12(13-7-4-3-5-8-13)15(16-2)11-14-9-6-10-17-14/h3-10,12,15-16H,11H2,1-2H3. The fourth-order valence-corrected chi connectivity index (χ4v) is 2.16. The van der Waals surface area contributed by atoms with Gasteiger partial charge in [0.05, 0.1) is 6.26 Å². The van der Waals surface area contributed by atoms with E-state index in [1.54, 1.807) is 6.26 Å². The minimum absolute atomic E-state index is 0.392. The van der Waals surface area contributed by atoms with Gasteiger partial charge in [0.15, 0.2) is 0 Å². The number of hydrogen-bond acceptors (Lipinski definition) is 2. The van der Waals surface area contributed by atoms with Gasteiger partial charge < -0.3 is 9.73 Å². The third-order valence-corrected chi connectivity index (χ3v) is 3.30. The molecule has 2 rings (SSSR count). The molecule has 17 heavy (non-hydrogen) atoms. The van der Waals surface area contributed by atoms with Crippen molar-refractivity contribution in [3.8, 4) is 0 Å². The lowest BCUT2D eigenvalue weighted by atomic mass is 9.91. The van der Waals surface area contributed by atoms with Crippen molar-refractivity contribution in [3.63, 3.8) is 0 Å². The summed E-state index contributed by atoms with van der Waals surface area (Å²) in [5.41, 5.74) is 1.36. The normalized spacial score (nSPS) is 14.5. The third kappa shape index (κ3) is 2.98. The topological polar surface area (TPSA) is 25.2 Å². The van der Waals surface area contributed by atoms with Crippen LogP contribution in [-0.4, -0.2) is 13.1 Å². The molecule has 2 atom stereocenters. The monoisotopic (exact) mass is 229 g/mol. The molecular weight excluding hydrogens is 210 g/mol. The van der Waals surface area contributed by atoms with E-state index in [2.05, 4.69) is 42.6 Å². The Bertz CT molecular complexity index is 421. The minimum Gasteiger partial charge on any atom is -0.469 e. The van der Waals surface area contributed by atoms with Crippen molar-refractivity contribution in [3.05, 3.63) is 60.1 Å². The Morgan fingerprint density at radius 2 is 1.88 bits per heavy atom. The molecule has 0 saturated carbocycles. The Morgan fingerprint density at radius 3 is 2.47 bits per heavy atom. The number of nitrogens with one attached hydrogen (secondary N) is 1.